The minimum Gasteiger partial charge on any atom is -0.355 e. The van der Waals surface area contributed by atoms with Crippen molar-refractivity contribution in [3.63, 3.8) is 0 Å². The fourth-order valence-corrected chi connectivity index (χ4v) is 3.01. The van der Waals surface area contributed by atoms with Gasteiger partial charge in [0.25, 0.3) is 11.8 Å². The monoisotopic (exact) mass is 384 g/mol. The van der Waals surface area contributed by atoms with Crippen LogP contribution in [0.4, 0.5) is 4.39 Å². The number of alkyl halides is 1. The number of halogens is 1. The first-order valence-electron chi connectivity index (χ1n) is 8.76. The summed E-state index contributed by atoms with van der Waals surface area (Å²) in [5.74, 6) is -0.421. The Morgan fingerprint density at radius 1 is 1.25 bits per heavy atom. The van der Waals surface area contributed by atoms with Crippen molar-refractivity contribution < 1.29 is 18.5 Å². The highest BCUT2D eigenvalue weighted by molar-refractivity contribution is 6.16. The first-order chi connectivity index (χ1) is 13.5. The lowest BCUT2D eigenvalue weighted by atomic mass is 10.2. The number of amides is 2. The molecule has 4 rings (SSSR count). The summed E-state index contributed by atoms with van der Waals surface area (Å²) in [6, 6.07) is 5.18. The van der Waals surface area contributed by atoms with Gasteiger partial charge in [-0.1, -0.05) is 5.16 Å². The maximum Gasteiger partial charge on any atom is 0.289 e. The number of hydrogen-bond donors (Lipinski definition) is 0. The second-order valence-corrected chi connectivity index (χ2v) is 6.46. The van der Waals surface area contributed by atoms with Crippen molar-refractivity contribution >= 4 is 23.5 Å². The van der Waals surface area contributed by atoms with E-state index < -0.39 is 12.1 Å². The molecule has 2 amide bonds. The van der Waals surface area contributed by atoms with E-state index in [9.17, 15) is 14.0 Å². The van der Waals surface area contributed by atoms with Crippen LogP contribution in [0.25, 0.3) is 11.3 Å². The molecule has 1 saturated heterocycles. The van der Waals surface area contributed by atoms with Crippen LogP contribution < -0.4 is 0 Å². The number of pyridine rings is 1. The molecule has 0 spiro atoms. The molecule has 0 aliphatic carbocycles. The molecule has 1 unspecified atom stereocenters. The van der Waals surface area contributed by atoms with Gasteiger partial charge in [0, 0.05) is 50.2 Å². The average molecular weight is 384 g/mol. The van der Waals surface area contributed by atoms with Crippen LogP contribution >= 0.6 is 0 Å². The molecular weight excluding hydrogens is 367 g/mol. The zero-order valence-corrected chi connectivity index (χ0v) is 15.1. The number of aromatic nitrogens is 2. The van der Waals surface area contributed by atoms with Crippen molar-refractivity contribution in [2.24, 2.45) is 9.98 Å². The van der Waals surface area contributed by atoms with Crippen molar-refractivity contribution in [1.82, 2.24) is 19.9 Å². The lowest BCUT2D eigenvalue weighted by Gasteiger charge is -2.35. The molecule has 1 atom stereocenters. The van der Waals surface area contributed by atoms with Gasteiger partial charge in [-0.15, -0.1) is 0 Å². The summed E-state index contributed by atoms with van der Waals surface area (Å²) < 4.78 is 18.8. The topological polar surface area (TPSA) is 104 Å². The van der Waals surface area contributed by atoms with Gasteiger partial charge < -0.3 is 14.3 Å². The van der Waals surface area contributed by atoms with Gasteiger partial charge in [-0.2, -0.15) is 4.99 Å². The third-order valence-corrected chi connectivity index (χ3v) is 4.60. The van der Waals surface area contributed by atoms with E-state index in [2.05, 4.69) is 20.1 Å². The van der Waals surface area contributed by atoms with Crippen LogP contribution in [0.1, 0.15) is 17.4 Å². The summed E-state index contributed by atoms with van der Waals surface area (Å²) in [5.41, 5.74) is 1.05. The number of aliphatic imine (C=N–C) groups is 2. The Labute approximate surface area is 159 Å². The molecule has 0 bridgehead atoms. The number of piperazine rings is 1. The van der Waals surface area contributed by atoms with Crippen LogP contribution in [0, 0.1) is 0 Å². The molecule has 0 saturated carbocycles. The Morgan fingerprint density at radius 2 is 2.04 bits per heavy atom. The summed E-state index contributed by atoms with van der Waals surface area (Å²) in [4.78, 5) is 39.4. The quantitative estimate of drug-likeness (QED) is 0.770. The van der Waals surface area contributed by atoms with Crippen molar-refractivity contribution in [3.05, 3.63) is 36.3 Å². The molecule has 0 aromatic carbocycles. The number of carbonyl (C=O) groups is 2. The lowest BCUT2D eigenvalue weighted by molar-refractivity contribution is -0.120. The summed E-state index contributed by atoms with van der Waals surface area (Å²) in [6.07, 6.45) is 1.51. The number of hydrogen-bond acceptors (Lipinski definition) is 7. The zero-order chi connectivity index (χ0) is 19.7. The Bertz CT molecular complexity index is 963. The fraction of sp³-hybridized carbons (Fsp3) is 0.333. The molecule has 4 heterocycles. The van der Waals surface area contributed by atoms with Gasteiger partial charge in [-0.3, -0.25) is 14.6 Å². The van der Waals surface area contributed by atoms with Crippen LogP contribution in [0.3, 0.4) is 0 Å². The number of rotatable bonds is 2. The summed E-state index contributed by atoms with van der Waals surface area (Å²) in [5, 5.41) is 3.87. The van der Waals surface area contributed by atoms with E-state index in [1.54, 1.807) is 34.3 Å². The van der Waals surface area contributed by atoms with E-state index in [4.69, 9.17) is 4.52 Å². The van der Waals surface area contributed by atoms with E-state index >= 15 is 0 Å². The first-order valence-corrected chi connectivity index (χ1v) is 8.76. The lowest BCUT2D eigenvalue weighted by Crippen LogP contribution is -2.51. The molecule has 2 aliphatic rings. The summed E-state index contributed by atoms with van der Waals surface area (Å²) >= 11 is 0. The highest BCUT2D eigenvalue weighted by atomic mass is 19.1. The van der Waals surface area contributed by atoms with E-state index in [1.165, 1.54) is 6.92 Å². The molecule has 9 nitrogen and oxygen atoms in total. The van der Waals surface area contributed by atoms with Gasteiger partial charge in [0.15, 0.2) is 11.5 Å². The molecule has 0 radical (unpaired) electrons. The number of guanidine groups is 1. The third-order valence-electron chi connectivity index (χ3n) is 4.60. The summed E-state index contributed by atoms with van der Waals surface area (Å²) in [6.45, 7) is 3.11. The van der Waals surface area contributed by atoms with Gasteiger partial charge >= 0.3 is 0 Å². The summed E-state index contributed by atoms with van der Waals surface area (Å²) in [7, 11) is 0. The number of carbonyl (C=O) groups excluding carboxylic acids is 2. The van der Waals surface area contributed by atoms with Crippen LogP contribution in [0.2, 0.25) is 0 Å². The standard InChI is InChI=1S/C18H17FN6O3/c1-11-15(19)16(26)22-18(21-11)25-7-5-24(6-8-25)17(27)13-9-14(28-23-13)12-3-2-4-20-10-12/h2-4,9-10,15H,5-8H2,1H3. The molecule has 28 heavy (non-hydrogen) atoms. The van der Waals surface area contributed by atoms with E-state index in [1.807, 2.05) is 6.07 Å². The fourth-order valence-electron chi connectivity index (χ4n) is 3.01. The highest BCUT2D eigenvalue weighted by Gasteiger charge is 2.30. The average Bonchev–Trinajstić information content (AvgIpc) is 3.22. The normalized spacial score (nSPS) is 20.1. The molecule has 144 valence electrons. The molecule has 2 aromatic rings. The van der Waals surface area contributed by atoms with Gasteiger partial charge in [0.05, 0.1) is 5.71 Å². The van der Waals surface area contributed by atoms with E-state index in [0.717, 1.165) is 5.56 Å². The van der Waals surface area contributed by atoms with Crippen LogP contribution in [0.5, 0.6) is 0 Å². The Balaban J connectivity index is 1.40. The smallest absolute Gasteiger partial charge is 0.289 e. The first kappa shape index (κ1) is 18.0. The highest BCUT2D eigenvalue weighted by Crippen LogP contribution is 2.20. The number of nitrogens with zero attached hydrogens (tertiary/aromatic N) is 6. The van der Waals surface area contributed by atoms with Crippen molar-refractivity contribution in [1.29, 1.82) is 0 Å². The van der Waals surface area contributed by atoms with Crippen LogP contribution in [0.15, 0.2) is 45.1 Å². The maximum absolute atomic E-state index is 13.5. The van der Waals surface area contributed by atoms with Gasteiger partial charge in [0.1, 0.15) is 0 Å². The second kappa shape index (κ2) is 7.29. The predicted octanol–water partition coefficient (Wildman–Crippen LogP) is 1.19. The van der Waals surface area contributed by atoms with Gasteiger partial charge in [-0.25, -0.2) is 9.38 Å². The third kappa shape index (κ3) is 3.40. The van der Waals surface area contributed by atoms with Crippen molar-refractivity contribution in [2.45, 2.75) is 13.1 Å². The molecule has 0 N–H and O–H groups in total. The molecule has 2 aromatic heterocycles. The molecule has 10 heteroatoms. The molecule has 2 aliphatic heterocycles. The van der Waals surface area contributed by atoms with Crippen molar-refractivity contribution in [3.8, 4) is 11.3 Å². The molecular formula is C18H17FN6O3. The minimum absolute atomic E-state index is 0.0963. The Morgan fingerprint density at radius 3 is 2.71 bits per heavy atom. The van der Waals surface area contributed by atoms with Gasteiger partial charge in [0.2, 0.25) is 12.1 Å². The second-order valence-electron chi connectivity index (χ2n) is 6.46. The molecule has 1 fully saturated rings. The largest absolute Gasteiger partial charge is 0.355 e. The minimum atomic E-state index is -1.77. The Hall–Kier alpha value is -3.43. The van der Waals surface area contributed by atoms with Gasteiger partial charge in [-0.05, 0) is 19.1 Å². The maximum atomic E-state index is 13.5. The predicted molar refractivity (Wildman–Crippen MR) is 97.7 cm³/mol. The Kier molecular flexibility index (Phi) is 4.68. The zero-order valence-electron chi connectivity index (χ0n) is 15.1. The SMILES string of the molecule is CC1=NC(N2CCN(C(=O)c3cc(-c4cccnc4)on3)CC2)=NC(=O)C1F. The van der Waals surface area contributed by atoms with Crippen LogP contribution in [-0.4, -0.2) is 75.8 Å². The van der Waals surface area contributed by atoms with Crippen LogP contribution in [-0.2, 0) is 4.79 Å². The van der Waals surface area contributed by atoms with E-state index in [0.29, 0.717) is 31.9 Å². The van der Waals surface area contributed by atoms with Crippen molar-refractivity contribution in [2.75, 3.05) is 26.2 Å². The van der Waals surface area contributed by atoms with E-state index in [-0.39, 0.29) is 23.3 Å².